The van der Waals surface area contributed by atoms with Crippen molar-refractivity contribution in [2.45, 2.75) is 39.9 Å². The lowest BCUT2D eigenvalue weighted by molar-refractivity contribution is -0.142. The monoisotopic (exact) mass is 378 g/mol. The molecule has 0 saturated carbocycles. The van der Waals surface area contributed by atoms with E-state index < -0.39 is 11.9 Å². The van der Waals surface area contributed by atoms with Gasteiger partial charge in [-0.2, -0.15) is 23.4 Å². The van der Waals surface area contributed by atoms with E-state index in [4.69, 9.17) is 0 Å². The Morgan fingerprint density at radius 3 is 2.36 bits per heavy atom. The summed E-state index contributed by atoms with van der Waals surface area (Å²) in [6.45, 7) is 5.08. The third-order valence-electron chi connectivity index (χ3n) is 3.19. The molecule has 0 fully saturated rings. The van der Waals surface area contributed by atoms with Crippen LogP contribution in [0.25, 0.3) is 0 Å². The minimum Gasteiger partial charge on any atom is -0.272 e. The zero-order valence-electron chi connectivity index (χ0n) is 12.2. The number of hydrogen-bond donors (Lipinski definition) is 0. The molecule has 0 bridgehead atoms. The minimum atomic E-state index is -4.53. The van der Waals surface area contributed by atoms with Gasteiger partial charge < -0.3 is 0 Å². The van der Waals surface area contributed by atoms with Gasteiger partial charge in [-0.25, -0.2) is 4.68 Å². The summed E-state index contributed by atoms with van der Waals surface area (Å²) in [5.74, 6) is -0.287. The molecule has 22 heavy (non-hydrogen) atoms. The predicted octanol–water partition coefficient (Wildman–Crippen LogP) is 3.52. The van der Waals surface area contributed by atoms with Crippen LogP contribution in [0.15, 0.2) is 10.5 Å². The van der Waals surface area contributed by atoms with Crippen LogP contribution >= 0.6 is 15.9 Å². The molecule has 2 heterocycles. The maximum absolute atomic E-state index is 12.8. The predicted molar refractivity (Wildman–Crippen MR) is 76.6 cm³/mol. The highest BCUT2D eigenvalue weighted by molar-refractivity contribution is 9.10. The first kappa shape index (κ1) is 16.7. The summed E-state index contributed by atoms with van der Waals surface area (Å²) in [5.41, 5.74) is 0.747. The quantitative estimate of drug-likeness (QED) is 0.820. The number of hydrogen-bond acceptors (Lipinski definition) is 3. The molecule has 2 aromatic heterocycles. The fourth-order valence-electron chi connectivity index (χ4n) is 2.11. The van der Waals surface area contributed by atoms with E-state index >= 15 is 0 Å². The van der Waals surface area contributed by atoms with E-state index in [1.165, 1.54) is 16.3 Å². The van der Waals surface area contributed by atoms with Crippen LogP contribution in [0.3, 0.4) is 0 Å². The Hall–Kier alpha value is -1.64. The van der Waals surface area contributed by atoms with Gasteiger partial charge in [0.15, 0.2) is 5.69 Å². The highest BCUT2D eigenvalue weighted by Crippen LogP contribution is 2.35. The molecule has 0 aromatic carbocycles. The first-order valence-electron chi connectivity index (χ1n) is 6.48. The molecule has 0 aliphatic carbocycles. The summed E-state index contributed by atoms with van der Waals surface area (Å²) in [5, 5.41) is 7.59. The molecule has 120 valence electrons. The van der Waals surface area contributed by atoms with Crippen LogP contribution in [0.5, 0.6) is 0 Å². The topological polar surface area (TPSA) is 52.7 Å². The minimum absolute atomic E-state index is 0.00815. The SMILES string of the molecule is Cc1cc(C)n(C(=O)CCn2nc(C(F)(F)F)c(Br)c2C)n1. The summed E-state index contributed by atoms with van der Waals surface area (Å²) in [6.07, 6.45) is -4.53. The molecule has 0 spiro atoms. The summed E-state index contributed by atoms with van der Waals surface area (Å²) >= 11 is 2.90. The molecule has 0 atom stereocenters. The van der Waals surface area contributed by atoms with E-state index in [0.29, 0.717) is 17.1 Å². The second kappa shape index (κ2) is 5.86. The Morgan fingerprint density at radius 1 is 1.27 bits per heavy atom. The van der Waals surface area contributed by atoms with Gasteiger partial charge in [-0.05, 0) is 42.8 Å². The Kier molecular flexibility index (Phi) is 4.46. The lowest BCUT2D eigenvalue weighted by Crippen LogP contribution is -2.17. The molecule has 0 N–H and O–H groups in total. The normalized spacial score (nSPS) is 12.0. The maximum Gasteiger partial charge on any atom is 0.436 e. The average molecular weight is 379 g/mol. The number of carbonyl (C=O) groups excluding carboxylic acids is 1. The van der Waals surface area contributed by atoms with Crippen molar-refractivity contribution in [2.75, 3.05) is 0 Å². The largest absolute Gasteiger partial charge is 0.436 e. The van der Waals surface area contributed by atoms with Crippen molar-refractivity contribution in [1.29, 1.82) is 0 Å². The highest BCUT2D eigenvalue weighted by Gasteiger charge is 2.37. The van der Waals surface area contributed by atoms with Crippen LogP contribution < -0.4 is 0 Å². The van der Waals surface area contributed by atoms with Gasteiger partial charge >= 0.3 is 6.18 Å². The summed E-state index contributed by atoms with van der Waals surface area (Å²) in [6, 6.07) is 1.76. The van der Waals surface area contributed by atoms with Gasteiger partial charge in [0, 0.05) is 12.1 Å². The van der Waals surface area contributed by atoms with Crippen LogP contribution in [0.2, 0.25) is 0 Å². The first-order valence-corrected chi connectivity index (χ1v) is 7.27. The highest BCUT2D eigenvalue weighted by atomic mass is 79.9. The zero-order valence-corrected chi connectivity index (χ0v) is 13.8. The van der Waals surface area contributed by atoms with Crippen molar-refractivity contribution in [3.8, 4) is 0 Å². The van der Waals surface area contributed by atoms with Gasteiger partial charge in [-0.1, -0.05) is 0 Å². The number of carbonyl (C=O) groups is 1. The molecule has 2 aromatic rings. The number of aromatic nitrogens is 4. The van der Waals surface area contributed by atoms with Gasteiger partial charge in [0.2, 0.25) is 5.91 Å². The summed E-state index contributed by atoms with van der Waals surface area (Å²) in [4.78, 5) is 12.1. The first-order chi connectivity index (χ1) is 10.1. The number of halogens is 4. The van der Waals surface area contributed by atoms with Crippen molar-refractivity contribution >= 4 is 21.8 Å². The Balaban J connectivity index is 2.16. The number of rotatable bonds is 3. The standard InChI is InChI=1S/C13H14BrF3N4O/c1-7-6-8(2)21(18-7)10(22)4-5-20-9(3)11(14)12(19-20)13(15,16)17/h6H,4-5H2,1-3H3. The molecular formula is C13H14BrF3N4O. The van der Waals surface area contributed by atoms with E-state index in [9.17, 15) is 18.0 Å². The third kappa shape index (κ3) is 3.23. The maximum atomic E-state index is 12.8. The van der Waals surface area contributed by atoms with Crippen LogP contribution in [-0.4, -0.2) is 25.5 Å². The average Bonchev–Trinajstić information content (AvgIpc) is 2.88. The molecule has 2 rings (SSSR count). The van der Waals surface area contributed by atoms with E-state index in [-0.39, 0.29) is 23.3 Å². The zero-order chi connectivity index (χ0) is 16.7. The summed E-state index contributed by atoms with van der Waals surface area (Å²) in [7, 11) is 0. The Labute approximate surface area is 133 Å². The van der Waals surface area contributed by atoms with Crippen molar-refractivity contribution in [3.63, 3.8) is 0 Å². The van der Waals surface area contributed by atoms with Gasteiger partial charge in [0.1, 0.15) is 0 Å². The fraction of sp³-hybridized carbons (Fsp3) is 0.462. The Morgan fingerprint density at radius 2 is 1.91 bits per heavy atom. The number of alkyl halides is 3. The van der Waals surface area contributed by atoms with E-state index in [0.717, 1.165) is 0 Å². The van der Waals surface area contributed by atoms with Crippen LogP contribution in [-0.2, 0) is 12.7 Å². The summed E-state index contributed by atoms with van der Waals surface area (Å²) < 4.78 is 40.7. The molecule has 0 aliphatic rings. The molecular weight excluding hydrogens is 365 g/mol. The number of aryl methyl sites for hydroxylation is 3. The van der Waals surface area contributed by atoms with Crippen molar-refractivity contribution in [3.05, 3.63) is 33.3 Å². The number of nitrogens with zero attached hydrogens (tertiary/aromatic N) is 4. The van der Waals surface area contributed by atoms with Gasteiger partial charge in [0.25, 0.3) is 0 Å². The molecule has 0 radical (unpaired) electrons. The second-order valence-electron chi connectivity index (χ2n) is 4.95. The van der Waals surface area contributed by atoms with E-state index in [1.807, 2.05) is 0 Å². The molecule has 0 saturated heterocycles. The van der Waals surface area contributed by atoms with Crippen molar-refractivity contribution in [2.24, 2.45) is 0 Å². The lowest BCUT2D eigenvalue weighted by Gasteiger charge is -2.05. The van der Waals surface area contributed by atoms with E-state index in [2.05, 4.69) is 26.1 Å². The van der Waals surface area contributed by atoms with Crippen molar-refractivity contribution in [1.82, 2.24) is 19.6 Å². The van der Waals surface area contributed by atoms with Gasteiger partial charge in [-0.15, -0.1) is 0 Å². The van der Waals surface area contributed by atoms with Crippen LogP contribution in [0.1, 0.15) is 34.0 Å². The second-order valence-corrected chi connectivity index (χ2v) is 5.74. The van der Waals surface area contributed by atoms with Crippen LogP contribution in [0.4, 0.5) is 13.2 Å². The smallest absolute Gasteiger partial charge is 0.272 e. The molecule has 0 unspecified atom stereocenters. The molecule has 0 aliphatic heterocycles. The van der Waals surface area contributed by atoms with E-state index in [1.54, 1.807) is 19.9 Å². The van der Waals surface area contributed by atoms with Crippen LogP contribution in [0, 0.1) is 20.8 Å². The molecule has 5 nitrogen and oxygen atoms in total. The van der Waals surface area contributed by atoms with Gasteiger partial charge in [0.05, 0.1) is 22.4 Å². The molecule has 9 heteroatoms. The fourth-order valence-corrected chi connectivity index (χ4v) is 2.62. The molecule has 0 amide bonds. The third-order valence-corrected chi connectivity index (χ3v) is 4.13. The van der Waals surface area contributed by atoms with Gasteiger partial charge in [-0.3, -0.25) is 9.48 Å². The Bertz CT molecular complexity index is 718. The van der Waals surface area contributed by atoms with Crippen molar-refractivity contribution < 1.29 is 18.0 Å². The lowest BCUT2D eigenvalue weighted by atomic mass is 10.3.